The van der Waals surface area contributed by atoms with Crippen LogP contribution in [-0.4, -0.2) is 24.7 Å². The van der Waals surface area contributed by atoms with Crippen molar-refractivity contribution in [3.05, 3.63) is 22.2 Å². The summed E-state index contributed by atoms with van der Waals surface area (Å²) in [5.74, 6) is 1.22. The van der Waals surface area contributed by atoms with E-state index in [1.807, 2.05) is 32.9 Å². The van der Waals surface area contributed by atoms with Gasteiger partial charge in [0.05, 0.1) is 18.8 Å². The summed E-state index contributed by atoms with van der Waals surface area (Å²) in [4.78, 5) is 11.8. The molecule has 0 aliphatic carbocycles. The van der Waals surface area contributed by atoms with Gasteiger partial charge in [-0.05, 0) is 30.5 Å². The lowest BCUT2D eigenvalue weighted by molar-refractivity contribution is -0.125. The standard InChI is InChI=1S/C16H23BrN2O3/c1-10(2)16(3,15(18)20)19-9-11-7-13-14(8-12(11)17)22-6-4-5-21-13/h7-8,10,19H,4-6,9H2,1-3H3,(H2,18,20). The molecule has 1 aliphatic heterocycles. The minimum Gasteiger partial charge on any atom is -0.490 e. The average Bonchev–Trinajstić information content (AvgIpc) is 2.68. The van der Waals surface area contributed by atoms with Crippen LogP contribution < -0.4 is 20.5 Å². The van der Waals surface area contributed by atoms with Crippen molar-refractivity contribution >= 4 is 21.8 Å². The van der Waals surface area contributed by atoms with Crippen molar-refractivity contribution < 1.29 is 14.3 Å². The number of nitrogens with two attached hydrogens (primary N) is 1. The van der Waals surface area contributed by atoms with Crippen LogP contribution in [0.15, 0.2) is 16.6 Å². The Labute approximate surface area is 139 Å². The van der Waals surface area contributed by atoms with Crippen LogP contribution in [0.4, 0.5) is 0 Å². The van der Waals surface area contributed by atoms with Gasteiger partial charge in [0.1, 0.15) is 0 Å². The molecule has 2 rings (SSSR count). The fraction of sp³-hybridized carbons (Fsp3) is 0.562. The molecule has 1 aliphatic rings. The van der Waals surface area contributed by atoms with Crippen LogP contribution in [0.3, 0.4) is 0 Å². The number of rotatable bonds is 5. The van der Waals surface area contributed by atoms with Gasteiger partial charge in [0.25, 0.3) is 0 Å². The van der Waals surface area contributed by atoms with Gasteiger partial charge in [0, 0.05) is 17.4 Å². The molecule has 5 nitrogen and oxygen atoms in total. The zero-order valence-electron chi connectivity index (χ0n) is 13.2. The molecular weight excluding hydrogens is 348 g/mol. The molecule has 0 spiro atoms. The molecule has 0 radical (unpaired) electrons. The van der Waals surface area contributed by atoms with E-state index in [1.165, 1.54) is 0 Å². The molecule has 0 saturated carbocycles. The maximum absolute atomic E-state index is 11.8. The monoisotopic (exact) mass is 370 g/mol. The normalized spacial score (nSPS) is 17.0. The van der Waals surface area contributed by atoms with E-state index < -0.39 is 5.54 Å². The summed E-state index contributed by atoms with van der Waals surface area (Å²) in [6.45, 7) is 7.59. The summed E-state index contributed by atoms with van der Waals surface area (Å²) in [6, 6.07) is 3.86. The van der Waals surface area contributed by atoms with Gasteiger partial charge in [0.15, 0.2) is 11.5 Å². The van der Waals surface area contributed by atoms with E-state index in [0.29, 0.717) is 19.8 Å². The number of nitrogens with one attached hydrogen (secondary N) is 1. The van der Waals surface area contributed by atoms with Crippen molar-refractivity contribution in [2.24, 2.45) is 11.7 Å². The quantitative estimate of drug-likeness (QED) is 0.835. The number of primary amides is 1. The summed E-state index contributed by atoms with van der Waals surface area (Å²) < 4.78 is 12.3. The van der Waals surface area contributed by atoms with Gasteiger partial charge in [0.2, 0.25) is 5.91 Å². The maximum Gasteiger partial charge on any atom is 0.237 e. The topological polar surface area (TPSA) is 73.6 Å². The van der Waals surface area contributed by atoms with E-state index in [4.69, 9.17) is 15.2 Å². The first kappa shape index (κ1) is 17.1. The molecule has 6 heteroatoms. The van der Waals surface area contributed by atoms with Gasteiger partial charge in [-0.1, -0.05) is 29.8 Å². The van der Waals surface area contributed by atoms with Gasteiger partial charge >= 0.3 is 0 Å². The molecule has 1 unspecified atom stereocenters. The molecule has 1 heterocycles. The Kier molecular flexibility index (Phi) is 5.34. The minimum absolute atomic E-state index is 0.0872. The largest absolute Gasteiger partial charge is 0.490 e. The molecule has 122 valence electrons. The average molecular weight is 371 g/mol. The van der Waals surface area contributed by atoms with Gasteiger partial charge in [-0.25, -0.2) is 0 Å². The van der Waals surface area contributed by atoms with Crippen LogP contribution in [0.5, 0.6) is 11.5 Å². The number of halogens is 1. The first-order valence-corrected chi connectivity index (χ1v) is 8.27. The summed E-state index contributed by atoms with van der Waals surface area (Å²) >= 11 is 3.55. The second-order valence-corrected chi connectivity index (χ2v) is 6.87. The number of fused-ring (bicyclic) bond motifs is 1. The highest BCUT2D eigenvalue weighted by Crippen LogP contribution is 2.35. The number of amides is 1. The van der Waals surface area contributed by atoms with Crippen molar-refractivity contribution in [3.8, 4) is 11.5 Å². The van der Waals surface area contributed by atoms with Gasteiger partial charge in [-0.2, -0.15) is 0 Å². The Morgan fingerprint density at radius 1 is 1.36 bits per heavy atom. The molecule has 0 aromatic heterocycles. The molecule has 3 N–H and O–H groups in total. The third-order valence-corrected chi connectivity index (χ3v) is 4.97. The lowest BCUT2D eigenvalue weighted by Gasteiger charge is -2.32. The summed E-state index contributed by atoms with van der Waals surface area (Å²) in [6.07, 6.45) is 0.868. The van der Waals surface area contributed by atoms with Crippen LogP contribution >= 0.6 is 15.9 Å². The Hall–Kier alpha value is -1.27. The Morgan fingerprint density at radius 3 is 2.50 bits per heavy atom. The summed E-state index contributed by atoms with van der Waals surface area (Å²) in [5, 5.41) is 3.27. The lowest BCUT2D eigenvalue weighted by atomic mass is 9.87. The fourth-order valence-electron chi connectivity index (χ4n) is 2.22. The first-order valence-electron chi connectivity index (χ1n) is 7.47. The SMILES string of the molecule is CC(C)C(C)(NCc1cc2c(cc1Br)OCCCO2)C(N)=O. The van der Waals surface area contributed by atoms with Gasteiger partial charge in [-0.15, -0.1) is 0 Å². The highest BCUT2D eigenvalue weighted by Gasteiger charge is 2.34. The fourth-order valence-corrected chi connectivity index (χ4v) is 2.68. The molecule has 0 fully saturated rings. The van der Waals surface area contributed by atoms with Crippen LogP contribution in [0.25, 0.3) is 0 Å². The molecule has 0 saturated heterocycles. The van der Waals surface area contributed by atoms with Crippen LogP contribution in [0.2, 0.25) is 0 Å². The predicted molar refractivity (Wildman–Crippen MR) is 89.0 cm³/mol. The third kappa shape index (κ3) is 3.55. The van der Waals surface area contributed by atoms with E-state index in [1.54, 1.807) is 0 Å². The zero-order valence-corrected chi connectivity index (χ0v) is 14.8. The second-order valence-electron chi connectivity index (χ2n) is 6.02. The van der Waals surface area contributed by atoms with Crippen molar-refractivity contribution in [1.29, 1.82) is 0 Å². The van der Waals surface area contributed by atoms with E-state index >= 15 is 0 Å². The number of benzene rings is 1. The number of hydrogen-bond acceptors (Lipinski definition) is 4. The van der Waals surface area contributed by atoms with Crippen LogP contribution in [-0.2, 0) is 11.3 Å². The minimum atomic E-state index is -0.760. The molecule has 1 atom stereocenters. The van der Waals surface area contributed by atoms with E-state index in [0.717, 1.165) is 28.0 Å². The molecular formula is C16H23BrN2O3. The molecule has 22 heavy (non-hydrogen) atoms. The Morgan fingerprint density at radius 2 is 1.95 bits per heavy atom. The maximum atomic E-state index is 11.8. The first-order chi connectivity index (χ1) is 10.3. The van der Waals surface area contributed by atoms with Gasteiger partial charge < -0.3 is 15.2 Å². The lowest BCUT2D eigenvalue weighted by Crippen LogP contribution is -2.56. The number of hydrogen-bond donors (Lipinski definition) is 2. The van der Waals surface area contributed by atoms with E-state index in [-0.39, 0.29) is 11.8 Å². The zero-order chi connectivity index (χ0) is 16.3. The summed E-state index contributed by atoms with van der Waals surface area (Å²) in [7, 11) is 0. The summed E-state index contributed by atoms with van der Waals surface area (Å²) in [5.41, 5.74) is 5.79. The molecule has 1 amide bonds. The van der Waals surface area contributed by atoms with Crippen LogP contribution in [0.1, 0.15) is 32.8 Å². The van der Waals surface area contributed by atoms with E-state index in [9.17, 15) is 4.79 Å². The molecule has 1 aromatic carbocycles. The van der Waals surface area contributed by atoms with Crippen molar-refractivity contribution in [2.45, 2.75) is 39.3 Å². The van der Waals surface area contributed by atoms with Crippen molar-refractivity contribution in [2.75, 3.05) is 13.2 Å². The number of carbonyl (C=O) groups is 1. The molecule has 1 aromatic rings. The predicted octanol–water partition coefficient (Wildman–Crippen LogP) is 2.60. The van der Waals surface area contributed by atoms with Crippen LogP contribution in [0, 0.1) is 5.92 Å². The van der Waals surface area contributed by atoms with Crippen molar-refractivity contribution in [3.63, 3.8) is 0 Å². The second kappa shape index (κ2) is 6.87. The van der Waals surface area contributed by atoms with E-state index in [2.05, 4.69) is 21.2 Å². The number of carbonyl (C=O) groups excluding carboxylic acids is 1. The molecule has 0 bridgehead atoms. The van der Waals surface area contributed by atoms with Crippen molar-refractivity contribution in [1.82, 2.24) is 5.32 Å². The highest BCUT2D eigenvalue weighted by atomic mass is 79.9. The highest BCUT2D eigenvalue weighted by molar-refractivity contribution is 9.10. The smallest absolute Gasteiger partial charge is 0.237 e. The van der Waals surface area contributed by atoms with Gasteiger partial charge in [-0.3, -0.25) is 10.1 Å². The third-order valence-electron chi connectivity index (χ3n) is 4.23. The Bertz CT molecular complexity index is 563. The number of ether oxygens (including phenoxy) is 2. The Balaban J connectivity index is 2.19.